The van der Waals surface area contributed by atoms with E-state index in [1.807, 2.05) is 12.1 Å². The van der Waals surface area contributed by atoms with E-state index in [1.165, 1.54) is 0 Å². The first-order valence-electron chi connectivity index (χ1n) is 5.64. The lowest BCUT2D eigenvalue weighted by Gasteiger charge is -2.48. The summed E-state index contributed by atoms with van der Waals surface area (Å²) >= 11 is 0. The maximum absolute atomic E-state index is 10.1. The molecule has 0 amide bonds. The van der Waals surface area contributed by atoms with Gasteiger partial charge in [-0.1, -0.05) is 13.3 Å². The highest BCUT2D eigenvalue weighted by Crippen LogP contribution is 2.31. The van der Waals surface area contributed by atoms with Crippen molar-refractivity contribution < 1.29 is 9.84 Å². The predicted molar refractivity (Wildman–Crippen MR) is 62.9 cm³/mol. The molecule has 88 valence electrons. The van der Waals surface area contributed by atoms with Gasteiger partial charge in [0.05, 0.1) is 12.7 Å². The Labute approximate surface area is 95.9 Å². The van der Waals surface area contributed by atoms with Crippen molar-refractivity contribution in [1.82, 2.24) is 4.98 Å². The molecular formula is C12H18N2O2. The predicted octanol–water partition coefficient (Wildman–Crippen LogP) is 1.44. The number of anilines is 1. The molecule has 2 rings (SSSR count). The maximum atomic E-state index is 10.1. The Bertz CT molecular complexity index is 362. The van der Waals surface area contributed by atoms with Crippen molar-refractivity contribution in [3.63, 3.8) is 0 Å². The molecule has 0 aromatic carbocycles. The summed E-state index contributed by atoms with van der Waals surface area (Å²) in [6.07, 6.45) is 3.61. The molecule has 1 fully saturated rings. The molecular weight excluding hydrogens is 204 g/mol. The molecule has 2 heterocycles. The Morgan fingerprint density at radius 1 is 1.56 bits per heavy atom. The molecule has 1 aliphatic heterocycles. The molecule has 1 aromatic heterocycles. The number of nitrogens with zero attached hydrogens (tertiary/aromatic N) is 2. The van der Waals surface area contributed by atoms with Crippen molar-refractivity contribution in [2.24, 2.45) is 0 Å². The Hall–Kier alpha value is -1.29. The molecule has 16 heavy (non-hydrogen) atoms. The zero-order chi connectivity index (χ0) is 11.6. The summed E-state index contributed by atoms with van der Waals surface area (Å²) in [5, 5.41) is 10.1. The fourth-order valence-electron chi connectivity index (χ4n) is 2.18. The number of aromatic nitrogens is 1. The van der Waals surface area contributed by atoms with E-state index in [0.29, 0.717) is 19.0 Å². The van der Waals surface area contributed by atoms with Gasteiger partial charge in [-0.3, -0.25) is 0 Å². The summed E-state index contributed by atoms with van der Waals surface area (Å²) in [4.78, 5) is 6.20. The first-order chi connectivity index (χ1) is 7.67. The van der Waals surface area contributed by atoms with Gasteiger partial charge in [0.25, 0.3) is 0 Å². The molecule has 1 N–H and O–H groups in total. The van der Waals surface area contributed by atoms with Crippen LogP contribution in [0.25, 0.3) is 0 Å². The fourth-order valence-corrected chi connectivity index (χ4v) is 2.18. The van der Waals surface area contributed by atoms with E-state index in [-0.39, 0.29) is 0 Å². The molecule has 0 spiro atoms. The van der Waals surface area contributed by atoms with Crippen molar-refractivity contribution >= 4 is 5.69 Å². The number of hydrogen-bond donors (Lipinski definition) is 1. The lowest BCUT2D eigenvalue weighted by molar-refractivity contribution is 0.00337. The van der Waals surface area contributed by atoms with Crippen LogP contribution in [0.15, 0.2) is 18.3 Å². The number of ether oxygens (including phenoxy) is 1. The van der Waals surface area contributed by atoms with Gasteiger partial charge in [0.2, 0.25) is 5.88 Å². The van der Waals surface area contributed by atoms with Gasteiger partial charge in [-0.2, -0.15) is 0 Å². The second-order valence-corrected chi connectivity index (χ2v) is 4.39. The van der Waals surface area contributed by atoms with Gasteiger partial charge >= 0.3 is 0 Å². The number of hydrogen-bond acceptors (Lipinski definition) is 4. The van der Waals surface area contributed by atoms with Crippen molar-refractivity contribution in [3.05, 3.63) is 18.3 Å². The van der Waals surface area contributed by atoms with Crippen LogP contribution in [-0.2, 0) is 0 Å². The van der Waals surface area contributed by atoms with Gasteiger partial charge in [0, 0.05) is 31.0 Å². The number of methoxy groups -OCH3 is 1. The molecule has 0 radical (unpaired) electrons. The van der Waals surface area contributed by atoms with Crippen molar-refractivity contribution in [2.75, 3.05) is 25.1 Å². The second-order valence-electron chi connectivity index (χ2n) is 4.39. The van der Waals surface area contributed by atoms with E-state index >= 15 is 0 Å². The zero-order valence-electron chi connectivity index (χ0n) is 9.81. The smallest absolute Gasteiger partial charge is 0.214 e. The average Bonchev–Trinajstić information content (AvgIpc) is 2.26. The molecule has 0 unspecified atom stereocenters. The minimum atomic E-state index is -0.495. The Kier molecular flexibility index (Phi) is 3.01. The summed E-state index contributed by atoms with van der Waals surface area (Å²) in [7, 11) is 1.61. The third-order valence-electron chi connectivity index (χ3n) is 2.98. The van der Waals surface area contributed by atoms with Crippen LogP contribution in [0.5, 0.6) is 5.88 Å². The SMILES string of the molecule is CCCC1(O)CN(c2ccnc(OC)c2)C1. The molecule has 0 atom stereocenters. The van der Waals surface area contributed by atoms with E-state index in [0.717, 1.165) is 18.5 Å². The fraction of sp³-hybridized carbons (Fsp3) is 0.583. The van der Waals surface area contributed by atoms with Crippen LogP contribution in [-0.4, -0.2) is 35.9 Å². The van der Waals surface area contributed by atoms with Crippen molar-refractivity contribution in [2.45, 2.75) is 25.4 Å². The van der Waals surface area contributed by atoms with Crippen molar-refractivity contribution in [3.8, 4) is 5.88 Å². The normalized spacial score (nSPS) is 18.1. The highest BCUT2D eigenvalue weighted by atomic mass is 16.5. The average molecular weight is 222 g/mol. The van der Waals surface area contributed by atoms with E-state index in [1.54, 1.807) is 13.3 Å². The lowest BCUT2D eigenvalue weighted by atomic mass is 9.89. The largest absolute Gasteiger partial charge is 0.481 e. The molecule has 0 bridgehead atoms. The van der Waals surface area contributed by atoms with Crippen LogP contribution in [0.3, 0.4) is 0 Å². The highest BCUT2D eigenvalue weighted by Gasteiger charge is 2.40. The number of β-amino-alcohol motifs (C(OH)–C–C–N with tert-alkyl or cyclic N) is 1. The first-order valence-corrected chi connectivity index (χ1v) is 5.64. The van der Waals surface area contributed by atoms with Gasteiger partial charge in [0.15, 0.2) is 0 Å². The highest BCUT2D eigenvalue weighted by molar-refractivity contribution is 5.51. The topological polar surface area (TPSA) is 45.6 Å². The molecule has 0 aliphatic carbocycles. The van der Waals surface area contributed by atoms with Gasteiger partial charge in [-0.05, 0) is 12.5 Å². The van der Waals surface area contributed by atoms with Gasteiger partial charge in [-0.15, -0.1) is 0 Å². The lowest BCUT2D eigenvalue weighted by Crippen LogP contribution is -2.61. The summed E-state index contributed by atoms with van der Waals surface area (Å²) in [5.74, 6) is 0.614. The van der Waals surface area contributed by atoms with Crippen LogP contribution in [0.4, 0.5) is 5.69 Å². The number of aliphatic hydroxyl groups is 1. The molecule has 4 nitrogen and oxygen atoms in total. The number of rotatable bonds is 4. The van der Waals surface area contributed by atoms with Gasteiger partial charge in [-0.25, -0.2) is 4.98 Å². The van der Waals surface area contributed by atoms with E-state index in [9.17, 15) is 5.11 Å². The Balaban J connectivity index is 2.00. The molecule has 4 heteroatoms. The monoisotopic (exact) mass is 222 g/mol. The van der Waals surface area contributed by atoms with Crippen LogP contribution in [0.2, 0.25) is 0 Å². The third kappa shape index (κ3) is 2.11. The quantitative estimate of drug-likeness (QED) is 0.837. The zero-order valence-corrected chi connectivity index (χ0v) is 9.81. The number of pyridine rings is 1. The minimum Gasteiger partial charge on any atom is -0.481 e. The van der Waals surface area contributed by atoms with Gasteiger partial charge in [0.1, 0.15) is 0 Å². The van der Waals surface area contributed by atoms with Gasteiger partial charge < -0.3 is 14.7 Å². The third-order valence-corrected chi connectivity index (χ3v) is 2.98. The summed E-state index contributed by atoms with van der Waals surface area (Å²) in [6, 6.07) is 3.83. The summed E-state index contributed by atoms with van der Waals surface area (Å²) in [6.45, 7) is 3.50. The summed E-state index contributed by atoms with van der Waals surface area (Å²) < 4.78 is 5.07. The standard InChI is InChI=1S/C12H18N2O2/c1-3-5-12(15)8-14(9-12)10-4-6-13-11(7-10)16-2/h4,6-7,15H,3,5,8-9H2,1-2H3. The van der Waals surface area contributed by atoms with E-state index < -0.39 is 5.60 Å². The van der Waals surface area contributed by atoms with Crippen LogP contribution >= 0.6 is 0 Å². The van der Waals surface area contributed by atoms with E-state index in [2.05, 4.69) is 16.8 Å². The molecule has 1 aromatic rings. The summed E-state index contributed by atoms with van der Waals surface area (Å²) in [5.41, 5.74) is 0.568. The molecule has 1 saturated heterocycles. The molecule has 0 saturated carbocycles. The van der Waals surface area contributed by atoms with Crippen molar-refractivity contribution in [1.29, 1.82) is 0 Å². The first kappa shape index (κ1) is 11.2. The minimum absolute atomic E-state index is 0.495. The van der Waals surface area contributed by atoms with Crippen LogP contribution in [0, 0.1) is 0 Å². The Morgan fingerprint density at radius 2 is 2.31 bits per heavy atom. The molecule has 1 aliphatic rings. The van der Waals surface area contributed by atoms with Crippen LogP contribution in [0.1, 0.15) is 19.8 Å². The van der Waals surface area contributed by atoms with Crippen LogP contribution < -0.4 is 9.64 Å². The Morgan fingerprint density at radius 3 is 2.94 bits per heavy atom. The van der Waals surface area contributed by atoms with E-state index in [4.69, 9.17) is 4.74 Å². The maximum Gasteiger partial charge on any atom is 0.214 e. The second kappa shape index (κ2) is 4.29.